The van der Waals surface area contributed by atoms with Gasteiger partial charge in [-0.2, -0.15) is 0 Å². The number of nitrogen functional groups attached to an aromatic ring is 1. The fraction of sp³-hybridized carbons (Fsp3) is 0.231. The fourth-order valence-electron chi connectivity index (χ4n) is 3.79. The number of nitrogens with two attached hydrogens (primary N) is 2. The van der Waals surface area contributed by atoms with Gasteiger partial charge in [0.25, 0.3) is 0 Å². The number of nitrogens with zero attached hydrogens (tertiary/aromatic N) is 1. The first-order chi connectivity index (χ1) is 16.0. The number of primary sulfonamides is 1. The van der Waals surface area contributed by atoms with Crippen LogP contribution in [0.25, 0.3) is 11.1 Å². The van der Waals surface area contributed by atoms with Crippen molar-refractivity contribution in [3.8, 4) is 11.1 Å². The van der Waals surface area contributed by atoms with Crippen molar-refractivity contribution in [3.05, 3.63) is 89.5 Å². The van der Waals surface area contributed by atoms with Crippen molar-refractivity contribution < 1.29 is 13.2 Å². The molecule has 0 aliphatic carbocycles. The van der Waals surface area contributed by atoms with E-state index in [0.29, 0.717) is 29.8 Å². The molecule has 0 spiro atoms. The van der Waals surface area contributed by atoms with Crippen LogP contribution in [-0.2, 0) is 27.8 Å². The second-order valence-corrected chi connectivity index (χ2v) is 10.2. The normalized spacial score (nSPS) is 11.4. The zero-order valence-electron chi connectivity index (χ0n) is 19.4. The molecule has 1 amide bonds. The second-order valence-electron chi connectivity index (χ2n) is 8.70. The Hall–Kier alpha value is -3.49. The molecule has 0 aliphatic heterocycles. The third kappa shape index (κ3) is 6.52. The molecule has 0 aliphatic rings. The van der Waals surface area contributed by atoms with E-state index in [0.717, 1.165) is 11.1 Å². The van der Waals surface area contributed by atoms with Crippen LogP contribution in [0.5, 0.6) is 0 Å². The van der Waals surface area contributed by atoms with E-state index < -0.39 is 10.0 Å². The summed E-state index contributed by atoms with van der Waals surface area (Å²) in [5.41, 5.74) is 9.21. The summed E-state index contributed by atoms with van der Waals surface area (Å²) in [6.07, 6.45) is 0.218. The number of rotatable bonds is 9. The second kappa shape index (κ2) is 10.6. The van der Waals surface area contributed by atoms with Gasteiger partial charge in [0.1, 0.15) is 5.84 Å². The molecule has 7 nitrogen and oxygen atoms in total. The van der Waals surface area contributed by atoms with Crippen molar-refractivity contribution in [2.45, 2.75) is 31.7 Å². The summed E-state index contributed by atoms with van der Waals surface area (Å²) >= 11 is 0. The molecule has 0 bridgehead atoms. The predicted octanol–water partition coefficient (Wildman–Crippen LogP) is 3.51. The van der Waals surface area contributed by atoms with Gasteiger partial charge in [-0.25, -0.2) is 13.6 Å². The Morgan fingerprint density at radius 2 is 1.65 bits per heavy atom. The van der Waals surface area contributed by atoms with E-state index in [1.165, 1.54) is 6.07 Å². The lowest BCUT2D eigenvalue weighted by atomic mass is 10.0. The number of hydrogen-bond donors (Lipinski definition) is 3. The number of nitrogens with one attached hydrogen (secondary N) is 1. The first kappa shape index (κ1) is 25.1. The molecule has 8 heteroatoms. The van der Waals surface area contributed by atoms with Crippen LogP contribution >= 0.6 is 0 Å². The minimum atomic E-state index is -3.85. The highest BCUT2D eigenvalue weighted by Crippen LogP contribution is 2.27. The maximum atomic E-state index is 13.2. The van der Waals surface area contributed by atoms with Gasteiger partial charge in [0.05, 0.1) is 11.3 Å². The summed E-state index contributed by atoms with van der Waals surface area (Å²) < 4.78 is 23.8. The zero-order valence-corrected chi connectivity index (χ0v) is 20.2. The lowest BCUT2D eigenvalue weighted by Gasteiger charge is -2.25. The third-order valence-corrected chi connectivity index (χ3v) is 6.33. The fourth-order valence-corrected chi connectivity index (χ4v) is 4.56. The van der Waals surface area contributed by atoms with Gasteiger partial charge in [-0.3, -0.25) is 10.2 Å². The smallest absolute Gasteiger partial charge is 0.238 e. The summed E-state index contributed by atoms with van der Waals surface area (Å²) in [5.74, 6) is 0.268. The van der Waals surface area contributed by atoms with Crippen LogP contribution < -0.4 is 10.9 Å². The van der Waals surface area contributed by atoms with Gasteiger partial charge in [0, 0.05) is 24.2 Å². The molecule has 0 atom stereocenters. The Kier molecular flexibility index (Phi) is 7.86. The Labute approximate surface area is 201 Å². The highest BCUT2D eigenvalue weighted by molar-refractivity contribution is 7.89. The van der Waals surface area contributed by atoms with Crippen LogP contribution in [0, 0.1) is 11.3 Å². The molecule has 34 heavy (non-hydrogen) atoms. The van der Waals surface area contributed by atoms with E-state index in [-0.39, 0.29) is 29.0 Å². The molecule has 3 aromatic carbocycles. The summed E-state index contributed by atoms with van der Waals surface area (Å²) in [5, 5.41) is 13.0. The van der Waals surface area contributed by atoms with Crippen molar-refractivity contribution in [1.82, 2.24) is 4.90 Å². The highest BCUT2D eigenvalue weighted by Gasteiger charge is 2.18. The Morgan fingerprint density at radius 3 is 2.26 bits per heavy atom. The third-order valence-electron chi connectivity index (χ3n) is 5.36. The van der Waals surface area contributed by atoms with Crippen LogP contribution in [0.1, 0.15) is 30.5 Å². The van der Waals surface area contributed by atoms with E-state index in [4.69, 9.17) is 16.3 Å². The Balaban J connectivity index is 1.79. The Bertz CT molecular complexity index is 1290. The topological polar surface area (TPSA) is 130 Å². The molecule has 0 aromatic heterocycles. The molecule has 0 fully saturated rings. The predicted molar refractivity (Wildman–Crippen MR) is 135 cm³/mol. The lowest BCUT2D eigenvalue weighted by molar-refractivity contribution is -0.131. The van der Waals surface area contributed by atoms with Gasteiger partial charge >= 0.3 is 0 Å². The number of carbonyl (C=O) groups is 1. The van der Waals surface area contributed by atoms with E-state index >= 15 is 0 Å². The van der Waals surface area contributed by atoms with Crippen LogP contribution in [0.15, 0.2) is 77.7 Å². The maximum Gasteiger partial charge on any atom is 0.238 e. The molecule has 0 unspecified atom stereocenters. The van der Waals surface area contributed by atoms with Gasteiger partial charge in [-0.05, 0) is 34.7 Å². The molecular formula is C26H30N4O3S. The van der Waals surface area contributed by atoms with Gasteiger partial charge in [-0.15, -0.1) is 0 Å². The largest absolute Gasteiger partial charge is 0.384 e. The SMILES string of the molecule is CC(C)CN(Cc1cccc(C(=N)N)c1)C(=O)Cc1ccc(-c2ccccc2S(N)(=O)=O)cc1. The van der Waals surface area contributed by atoms with Crippen LogP contribution in [-0.4, -0.2) is 31.6 Å². The van der Waals surface area contributed by atoms with Gasteiger partial charge in [-0.1, -0.05) is 74.5 Å². The summed E-state index contributed by atoms with van der Waals surface area (Å²) in [4.78, 5) is 15.1. The number of amides is 1. The number of hydrogen-bond acceptors (Lipinski definition) is 4. The van der Waals surface area contributed by atoms with E-state index in [1.807, 2.05) is 35.2 Å². The number of sulfonamides is 1. The standard InChI is InChI=1S/C26H30N4O3S/c1-18(2)16-30(17-20-6-5-7-22(14-20)26(27)28)25(31)15-19-10-12-21(13-11-19)23-8-3-4-9-24(23)34(29,32)33/h3-14,18H,15-17H2,1-2H3,(H3,27,28)(H2,29,32,33). The van der Waals surface area contributed by atoms with Crippen molar-refractivity contribution in [1.29, 1.82) is 5.41 Å². The average molecular weight is 479 g/mol. The number of benzene rings is 3. The highest BCUT2D eigenvalue weighted by atomic mass is 32.2. The first-order valence-corrected chi connectivity index (χ1v) is 12.5. The number of carbonyl (C=O) groups excluding carboxylic acids is 1. The molecular weight excluding hydrogens is 448 g/mol. The average Bonchev–Trinajstić information content (AvgIpc) is 2.78. The van der Waals surface area contributed by atoms with E-state index in [2.05, 4.69) is 13.8 Å². The maximum absolute atomic E-state index is 13.2. The zero-order chi connectivity index (χ0) is 24.9. The van der Waals surface area contributed by atoms with Crippen LogP contribution in [0.3, 0.4) is 0 Å². The van der Waals surface area contributed by atoms with Crippen molar-refractivity contribution in [2.75, 3.05) is 6.54 Å². The molecule has 0 saturated carbocycles. The molecule has 3 rings (SSSR count). The minimum Gasteiger partial charge on any atom is -0.384 e. The van der Waals surface area contributed by atoms with Crippen molar-refractivity contribution in [2.24, 2.45) is 16.8 Å². The molecule has 0 saturated heterocycles. The van der Waals surface area contributed by atoms with Gasteiger partial charge in [0.2, 0.25) is 15.9 Å². The lowest BCUT2D eigenvalue weighted by Crippen LogP contribution is -2.35. The van der Waals surface area contributed by atoms with Crippen LogP contribution in [0.4, 0.5) is 0 Å². The van der Waals surface area contributed by atoms with Gasteiger partial charge < -0.3 is 10.6 Å². The molecule has 178 valence electrons. The Morgan fingerprint density at radius 1 is 0.971 bits per heavy atom. The number of amidine groups is 1. The monoisotopic (exact) mass is 478 g/mol. The minimum absolute atomic E-state index is 0.00677. The quantitative estimate of drug-likeness (QED) is 0.321. The summed E-state index contributed by atoms with van der Waals surface area (Å²) in [6, 6.07) is 21.2. The van der Waals surface area contributed by atoms with Crippen molar-refractivity contribution >= 4 is 21.8 Å². The molecule has 0 radical (unpaired) electrons. The van der Waals surface area contributed by atoms with Crippen LogP contribution in [0.2, 0.25) is 0 Å². The first-order valence-electron chi connectivity index (χ1n) is 11.0. The molecule has 5 N–H and O–H groups in total. The molecule has 0 heterocycles. The van der Waals surface area contributed by atoms with Crippen molar-refractivity contribution in [3.63, 3.8) is 0 Å². The molecule has 3 aromatic rings. The summed E-state index contributed by atoms with van der Waals surface area (Å²) in [7, 11) is -3.85. The van der Waals surface area contributed by atoms with E-state index in [9.17, 15) is 13.2 Å². The van der Waals surface area contributed by atoms with E-state index in [1.54, 1.807) is 36.4 Å². The van der Waals surface area contributed by atoms with Gasteiger partial charge in [0.15, 0.2) is 0 Å². The summed E-state index contributed by atoms with van der Waals surface area (Å²) in [6.45, 7) is 5.15.